The lowest BCUT2D eigenvalue weighted by Gasteiger charge is -2.24. The Labute approximate surface area is 151 Å². The first-order valence-electron chi connectivity index (χ1n) is 8.75. The zero-order valence-corrected chi connectivity index (χ0v) is 16.3. The zero-order valence-electron chi connectivity index (χ0n) is 16.3. The van der Waals surface area contributed by atoms with Crippen LogP contribution in [0, 0.1) is 13.8 Å². The van der Waals surface area contributed by atoms with Gasteiger partial charge < -0.3 is 9.73 Å². The summed E-state index contributed by atoms with van der Waals surface area (Å²) in [5.74, 6) is 0.765. The number of hydrogen-bond acceptors (Lipinski definition) is 3. The molecule has 0 aliphatic heterocycles. The summed E-state index contributed by atoms with van der Waals surface area (Å²) in [5, 5.41) is 2.89. The van der Waals surface area contributed by atoms with Crippen LogP contribution in [0.5, 0.6) is 0 Å². The summed E-state index contributed by atoms with van der Waals surface area (Å²) in [7, 11) is 1.98. The SMILES string of the molecule is Cc1cc(C(C)(C)C)cc(C)c1CN(C)CC(=O)NCc1ccco1. The number of carbonyl (C=O) groups is 1. The summed E-state index contributed by atoms with van der Waals surface area (Å²) in [6.45, 7) is 12.6. The summed E-state index contributed by atoms with van der Waals surface area (Å²) < 4.78 is 5.23. The predicted molar refractivity (Wildman–Crippen MR) is 102 cm³/mol. The third kappa shape index (κ3) is 5.46. The van der Waals surface area contributed by atoms with Gasteiger partial charge >= 0.3 is 0 Å². The molecule has 1 aromatic carbocycles. The molecule has 0 spiro atoms. The Kier molecular flexibility index (Phi) is 6.07. The molecule has 25 heavy (non-hydrogen) atoms. The quantitative estimate of drug-likeness (QED) is 0.865. The third-order valence-electron chi connectivity index (χ3n) is 4.44. The molecule has 4 heteroatoms. The molecule has 0 aliphatic rings. The molecule has 4 nitrogen and oxygen atoms in total. The van der Waals surface area contributed by atoms with Crippen molar-refractivity contribution in [3.63, 3.8) is 0 Å². The summed E-state index contributed by atoms with van der Waals surface area (Å²) in [4.78, 5) is 14.1. The van der Waals surface area contributed by atoms with Crippen LogP contribution in [-0.2, 0) is 23.3 Å². The maximum Gasteiger partial charge on any atom is 0.234 e. The zero-order chi connectivity index (χ0) is 18.6. The normalized spacial score (nSPS) is 11.8. The van der Waals surface area contributed by atoms with Crippen LogP contribution in [0.2, 0.25) is 0 Å². The largest absolute Gasteiger partial charge is 0.467 e. The Morgan fingerprint density at radius 3 is 2.36 bits per heavy atom. The van der Waals surface area contributed by atoms with Gasteiger partial charge in [0.2, 0.25) is 5.91 Å². The molecule has 0 aliphatic carbocycles. The van der Waals surface area contributed by atoms with E-state index in [2.05, 4.69) is 52.1 Å². The fraction of sp³-hybridized carbons (Fsp3) is 0.476. The topological polar surface area (TPSA) is 45.5 Å². The van der Waals surface area contributed by atoms with Gasteiger partial charge in [-0.15, -0.1) is 0 Å². The molecule has 0 saturated heterocycles. The highest BCUT2D eigenvalue weighted by Gasteiger charge is 2.17. The van der Waals surface area contributed by atoms with E-state index in [0.717, 1.165) is 12.3 Å². The summed E-state index contributed by atoms with van der Waals surface area (Å²) in [6, 6.07) is 8.22. The molecule has 1 amide bonds. The first-order valence-corrected chi connectivity index (χ1v) is 8.75. The van der Waals surface area contributed by atoms with E-state index in [1.165, 1.54) is 22.3 Å². The third-order valence-corrected chi connectivity index (χ3v) is 4.44. The van der Waals surface area contributed by atoms with Crippen LogP contribution in [0.25, 0.3) is 0 Å². The van der Waals surface area contributed by atoms with Crippen molar-refractivity contribution in [1.82, 2.24) is 10.2 Å². The van der Waals surface area contributed by atoms with Gasteiger partial charge in [0.1, 0.15) is 5.76 Å². The van der Waals surface area contributed by atoms with Crippen LogP contribution in [0.1, 0.15) is 48.8 Å². The molecule has 0 atom stereocenters. The standard InChI is InChI=1S/C21H30N2O2/c1-15-10-17(21(3,4)5)11-16(2)19(15)13-23(6)14-20(24)22-12-18-8-7-9-25-18/h7-11H,12-14H2,1-6H3,(H,22,24). The Hall–Kier alpha value is -2.07. The van der Waals surface area contributed by atoms with E-state index in [1.807, 2.05) is 24.1 Å². The van der Waals surface area contributed by atoms with E-state index in [1.54, 1.807) is 6.26 Å². The van der Waals surface area contributed by atoms with Crippen molar-refractivity contribution in [3.05, 3.63) is 58.5 Å². The van der Waals surface area contributed by atoms with Crippen molar-refractivity contribution in [1.29, 1.82) is 0 Å². The van der Waals surface area contributed by atoms with Gasteiger partial charge in [-0.25, -0.2) is 0 Å². The number of carbonyl (C=O) groups excluding carboxylic acids is 1. The molecule has 0 unspecified atom stereocenters. The van der Waals surface area contributed by atoms with E-state index in [9.17, 15) is 4.79 Å². The number of nitrogens with zero attached hydrogens (tertiary/aromatic N) is 1. The molecular weight excluding hydrogens is 312 g/mol. The van der Waals surface area contributed by atoms with Crippen LogP contribution in [0.3, 0.4) is 0 Å². The molecule has 1 heterocycles. The first kappa shape index (κ1) is 19.3. The Morgan fingerprint density at radius 1 is 1.20 bits per heavy atom. The summed E-state index contributed by atoms with van der Waals surface area (Å²) in [5.41, 5.74) is 5.37. The maximum absolute atomic E-state index is 12.1. The lowest BCUT2D eigenvalue weighted by molar-refractivity contribution is -0.122. The van der Waals surface area contributed by atoms with Crippen LogP contribution < -0.4 is 5.32 Å². The molecule has 136 valence electrons. The van der Waals surface area contributed by atoms with Gasteiger partial charge in [0, 0.05) is 6.54 Å². The van der Waals surface area contributed by atoms with E-state index in [-0.39, 0.29) is 11.3 Å². The molecule has 2 aromatic rings. The number of amides is 1. The second-order valence-corrected chi connectivity index (χ2v) is 7.87. The highest BCUT2D eigenvalue weighted by Crippen LogP contribution is 2.27. The number of hydrogen-bond donors (Lipinski definition) is 1. The second kappa shape index (κ2) is 7.87. The van der Waals surface area contributed by atoms with Crippen LogP contribution in [0.4, 0.5) is 0 Å². The Balaban J connectivity index is 1.95. The van der Waals surface area contributed by atoms with Gasteiger partial charge in [-0.3, -0.25) is 9.69 Å². The van der Waals surface area contributed by atoms with Crippen molar-refractivity contribution in [2.75, 3.05) is 13.6 Å². The number of benzene rings is 1. The van der Waals surface area contributed by atoms with E-state index in [0.29, 0.717) is 13.1 Å². The molecule has 0 saturated carbocycles. The van der Waals surface area contributed by atoms with E-state index >= 15 is 0 Å². The average Bonchev–Trinajstić information content (AvgIpc) is 3.01. The van der Waals surface area contributed by atoms with Gasteiger partial charge in [-0.1, -0.05) is 32.9 Å². The smallest absolute Gasteiger partial charge is 0.234 e. The molecule has 1 N–H and O–H groups in total. The molecule has 2 rings (SSSR count). The fourth-order valence-corrected chi connectivity index (χ4v) is 2.90. The monoisotopic (exact) mass is 342 g/mol. The molecule has 0 fully saturated rings. The minimum Gasteiger partial charge on any atom is -0.467 e. The number of aryl methyl sites for hydroxylation is 2. The van der Waals surface area contributed by atoms with Crippen molar-refractivity contribution >= 4 is 5.91 Å². The lowest BCUT2D eigenvalue weighted by atomic mass is 9.84. The van der Waals surface area contributed by atoms with Crippen molar-refractivity contribution in [2.45, 2.75) is 53.1 Å². The van der Waals surface area contributed by atoms with Gasteiger partial charge in [-0.05, 0) is 60.7 Å². The highest BCUT2D eigenvalue weighted by atomic mass is 16.3. The van der Waals surface area contributed by atoms with Gasteiger partial charge in [0.25, 0.3) is 0 Å². The molecule has 0 bridgehead atoms. The summed E-state index contributed by atoms with van der Waals surface area (Å²) in [6.07, 6.45) is 1.61. The van der Waals surface area contributed by atoms with Crippen molar-refractivity contribution in [3.8, 4) is 0 Å². The molecular formula is C21H30N2O2. The fourth-order valence-electron chi connectivity index (χ4n) is 2.90. The lowest BCUT2D eigenvalue weighted by Crippen LogP contribution is -2.34. The van der Waals surface area contributed by atoms with E-state index < -0.39 is 0 Å². The second-order valence-electron chi connectivity index (χ2n) is 7.87. The first-order chi connectivity index (χ1) is 11.7. The number of rotatable bonds is 6. The summed E-state index contributed by atoms with van der Waals surface area (Å²) >= 11 is 0. The van der Waals surface area contributed by atoms with Gasteiger partial charge in [0.15, 0.2) is 0 Å². The Morgan fingerprint density at radius 2 is 1.84 bits per heavy atom. The minimum atomic E-state index is 0.000479. The van der Waals surface area contributed by atoms with Gasteiger partial charge in [0.05, 0.1) is 19.4 Å². The van der Waals surface area contributed by atoms with Crippen molar-refractivity contribution in [2.24, 2.45) is 0 Å². The van der Waals surface area contributed by atoms with E-state index in [4.69, 9.17) is 4.42 Å². The predicted octanol–water partition coefficient (Wildman–Crippen LogP) is 3.94. The minimum absolute atomic E-state index is 0.000479. The van der Waals surface area contributed by atoms with Crippen LogP contribution >= 0.6 is 0 Å². The van der Waals surface area contributed by atoms with Crippen LogP contribution in [-0.4, -0.2) is 24.4 Å². The molecule has 1 aromatic heterocycles. The number of likely N-dealkylation sites (N-methyl/N-ethyl adjacent to an activating group) is 1. The molecule has 0 radical (unpaired) electrons. The van der Waals surface area contributed by atoms with Crippen molar-refractivity contribution < 1.29 is 9.21 Å². The maximum atomic E-state index is 12.1. The number of nitrogens with one attached hydrogen (secondary N) is 1. The Bertz CT molecular complexity index is 689. The average molecular weight is 342 g/mol. The number of furan rings is 1. The van der Waals surface area contributed by atoms with Gasteiger partial charge in [-0.2, -0.15) is 0 Å². The highest BCUT2D eigenvalue weighted by molar-refractivity contribution is 5.77. The van der Waals surface area contributed by atoms with Crippen LogP contribution in [0.15, 0.2) is 34.9 Å².